The first-order chi connectivity index (χ1) is 9.69. The molecule has 1 saturated carbocycles. The van der Waals surface area contributed by atoms with E-state index in [-0.39, 0.29) is 5.91 Å². The molecule has 2 N–H and O–H groups in total. The van der Waals surface area contributed by atoms with E-state index in [1.54, 1.807) is 0 Å². The average molecular weight is 276 g/mol. The maximum Gasteiger partial charge on any atom is 0.234 e. The average Bonchev–Trinajstić information content (AvgIpc) is 3.28. The molecule has 1 aliphatic rings. The van der Waals surface area contributed by atoms with Crippen molar-refractivity contribution in [1.29, 1.82) is 0 Å². The second-order valence-electron chi connectivity index (χ2n) is 5.44. The third kappa shape index (κ3) is 4.94. The Morgan fingerprint density at radius 2 is 2.10 bits per heavy atom. The lowest BCUT2D eigenvalue weighted by atomic mass is 10.1. The number of hydrogen-bond donors (Lipinski definition) is 2. The van der Waals surface area contributed by atoms with Gasteiger partial charge in [0.15, 0.2) is 0 Å². The molecule has 4 nitrogen and oxygen atoms in total. The van der Waals surface area contributed by atoms with Crippen LogP contribution in [-0.2, 0) is 11.2 Å². The van der Waals surface area contributed by atoms with Crippen LogP contribution >= 0.6 is 0 Å². The highest BCUT2D eigenvalue weighted by molar-refractivity contribution is 5.78. The molecule has 0 spiro atoms. The van der Waals surface area contributed by atoms with Crippen LogP contribution in [-0.4, -0.2) is 47.7 Å². The number of benzene rings is 1. The van der Waals surface area contributed by atoms with Crippen LogP contribution in [0.15, 0.2) is 30.3 Å². The number of hydrogen-bond acceptors (Lipinski definition) is 3. The number of amides is 1. The Balaban J connectivity index is 1.67. The molecule has 0 radical (unpaired) electrons. The number of carbonyl (C=O) groups excluding carboxylic acids is 1. The van der Waals surface area contributed by atoms with Gasteiger partial charge in [-0.05, 0) is 24.9 Å². The SMILES string of the molecule is CCN(CC(=O)NCC(O)Cc1ccccc1)C1CC1. The van der Waals surface area contributed by atoms with Crippen LogP contribution < -0.4 is 5.32 Å². The van der Waals surface area contributed by atoms with Crippen molar-refractivity contribution >= 4 is 5.91 Å². The van der Waals surface area contributed by atoms with Crippen LogP contribution in [0.1, 0.15) is 25.3 Å². The van der Waals surface area contributed by atoms with Gasteiger partial charge in [0.05, 0.1) is 12.6 Å². The van der Waals surface area contributed by atoms with Crippen molar-refractivity contribution in [1.82, 2.24) is 10.2 Å². The van der Waals surface area contributed by atoms with Crippen molar-refractivity contribution in [2.75, 3.05) is 19.6 Å². The molecule has 1 amide bonds. The van der Waals surface area contributed by atoms with Gasteiger partial charge in [0, 0.05) is 19.0 Å². The fourth-order valence-corrected chi connectivity index (χ4v) is 2.37. The minimum absolute atomic E-state index is 0.00543. The summed E-state index contributed by atoms with van der Waals surface area (Å²) in [6, 6.07) is 10.4. The summed E-state index contributed by atoms with van der Waals surface area (Å²) in [6.07, 6.45) is 2.45. The van der Waals surface area contributed by atoms with Crippen molar-refractivity contribution in [3.05, 3.63) is 35.9 Å². The lowest BCUT2D eigenvalue weighted by Crippen LogP contribution is -2.41. The molecule has 1 aliphatic carbocycles. The summed E-state index contributed by atoms with van der Waals surface area (Å²) >= 11 is 0. The van der Waals surface area contributed by atoms with Crippen molar-refractivity contribution < 1.29 is 9.90 Å². The highest BCUT2D eigenvalue weighted by atomic mass is 16.3. The third-order valence-corrected chi connectivity index (χ3v) is 3.67. The summed E-state index contributed by atoms with van der Waals surface area (Å²) in [5.41, 5.74) is 1.09. The minimum atomic E-state index is -0.530. The van der Waals surface area contributed by atoms with Crippen LogP contribution in [0.5, 0.6) is 0 Å². The summed E-state index contributed by atoms with van der Waals surface area (Å²) in [5.74, 6) is 0.00543. The van der Waals surface area contributed by atoms with Gasteiger partial charge in [0.1, 0.15) is 0 Å². The first-order valence-electron chi connectivity index (χ1n) is 7.41. The summed E-state index contributed by atoms with van der Waals surface area (Å²) in [7, 11) is 0. The quantitative estimate of drug-likeness (QED) is 0.750. The molecule has 0 aromatic heterocycles. The van der Waals surface area contributed by atoms with Gasteiger partial charge in [0.25, 0.3) is 0 Å². The van der Waals surface area contributed by atoms with Crippen molar-refractivity contribution in [2.45, 2.75) is 38.3 Å². The van der Waals surface area contributed by atoms with Gasteiger partial charge >= 0.3 is 0 Å². The zero-order chi connectivity index (χ0) is 14.4. The molecule has 110 valence electrons. The Morgan fingerprint density at radius 3 is 2.70 bits per heavy atom. The van der Waals surface area contributed by atoms with E-state index in [4.69, 9.17) is 0 Å². The van der Waals surface area contributed by atoms with E-state index in [1.165, 1.54) is 12.8 Å². The van der Waals surface area contributed by atoms with Gasteiger partial charge in [-0.2, -0.15) is 0 Å². The smallest absolute Gasteiger partial charge is 0.234 e. The lowest BCUT2D eigenvalue weighted by Gasteiger charge is -2.19. The Labute approximate surface area is 120 Å². The fourth-order valence-electron chi connectivity index (χ4n) is 2.37. The van der Waals surface area contributed by atoms with Crippen LogP contribution in [0.4, 0.5) is 0 Å². The summed E-state index contributed by atoms with van der Waals surface area (Å²) in [6.45, 7) is 3.75. The fraction of sp³-hybridized carbons (Fsp3) is 0.562. The number of nitrogens with one attached hydrogen (secondary N) is 1. The number of rotatable bonds is 8. The molecule has 0 saturated heterocycles. The van der Waals surface area contributed by atoms with E-state index in [1.807, 2.05) is 30.3 Å². The Hall–Kier alpha value is -1.39. The van der Waals surface area contributed by atoms with Crippen LogP contribution in [0, 0.1) is 0 Å². The number of likely N-dealkylation sites (N-methyl/N-ethyl adjacent to an activating group) is 1. The van der Waals surface area contributed by atoms with E-state index in [9.17, 15) is 9.90 Å². The van der Waals surface area contributed by atoms with Crippen LogP contribution in [0.25, 0.3) is 0 Å². The van der Waals surface area contributed by atoms with E-state index in [2.05, 4.69) is 17.1 Å². The number of aliphatic hydroxyl groups excluding tert-OH is 1. The standard InChI is InChI=1S/C16H24N2O2/c1-2-18(14-8-9-14)12-16(20)17-11-15(19)10-13-6-4-3-5-7-13/h3-7,14-15,19H,2,8-12H2,1H3,(H,17,20). The highest BCUT2D eigenvalue weighted by Crippen LogP contribution is 2.25. The summed E-state index contributed by atoms with van der Waals surface area (Å²) in [5, 5.41) is 12.8. The van der Waals surface area contributed by atoms with Crippen molar-refractivity contribution in [3.63, 3.8) is 0 Å². The number of nitrogens with zero attached hydrogens (tertiary/aromatic N) is 1. The molecule has 1 fully saturated rings. The normalized spacial score (nSPS) is 16.1. The molecule has 0 aliphatic heterocycles. The van der Waals surface area contributed by atoms with Gasteiger partial charge < -0.3 is 10.4 Å². The predicted molar refractivity (Wildman–Crippen MR) is 79.4 cm³/mol. The maximum absolute atomic E-state index is 11.8. The second kappa shape index (κ2) is 7.41. The summed E-state index contributed by atoms with van der Waals surface area (Å²) < 4.78 is 0. The van der Waals surface area contributed by atoms with Crippen LogP contribution in [0.3, 0.4) is 0 Å². The molecule has 1 aromatic carbocycles. The monoisotopic (exact) mass is 276 g/mol. The van der Waals surface area contributed by atoms with E-state index in [0.717, 1.165) is 12.1 Å². The molecule has 1 unspecified atom stereocenters. The van der Waals surface area contributed by atoms with Crippen LogP contribution in [0.2, 0.25) is 0 Å². The lowest BCUT2D eigenvalue weighted by molar-refractivity contribution is -0.122. The van der Waals surface area contributed by atoms with E-state index in [0.29, 0.717) is 25.6 Å². The topological polar surface area (TPSA) is 52.6 Å². The molecular weight excluding hydrogens is 252 g/mol. The first kappa shape index (κ1) is 15.0. The minimum Gasteiger partial charge on any atom is -0.391 e. The molecule has 2 rings (SSSR count). The number of carbonyl (C=O) groups is 1. The third-order valence-electron chi connectivity index (χ3n) is 3.67. The summed E-state index contributed by atoms with van der Waals surface area (Å²) in [4.78, 5) is 14.0. The van der Waals surface area contributed by atoms with E-state index < -0.39 is 6.10 Å². The number of aliphatic hydroxyl groups is 1. The Morgan fingerprint density at radius 1 is 1.40 bits per heavy atom. The van der Waals surface area contributed by atoms with Crippen molar-refractivity contribution in [2.24, 2.45) is 0 Å². The van der Waals surface area contributed by atoms with Gasteiger partial charge in [-0.1, -0.05) is 37.3 Å². The van der Waals surface area contributed by atoms with Gasteiger partial charge in [-0.25, -0.2) is 0 Å². The van der Waals surface area contributed by atoms with Gasteiger partial charge in [0.2, 0.25) is 5.91 Å². The van der Waals surface area contributed by atoms with Gasteiger partial charge in [-0.15, -0.1) is 0 Å². The maximum atomic E-state index is 11.8. The zero-order valence-corrected chi connectivity index (χ0v) is 12.1. The van der Waals surface area contributed by atoms with E-state index >= 15 is 0 Å². The Bertz CT molecular complexity index is 418. The molecule has 1 aromatic rings. The molecule has 20 heavy (non-hydrogen) atoms. The van der Waals surface area contributed by atoms with Crippen molar-refractivity contribution in [3.8, 4) is 0 Å². The first-order valence-corrected chi connectivity index (χ1v) is 7.41. The zero-order valence-electron chi connectivity index (χ0n) is 12.1. The molecule has 0 bridgehead atoms. The molecular formula is C16H24N2O2. The Kier molecular flexibility index (Phi) is 5.56. The second-order valence-corrected chi connectivity index (χ2v) is 5.44. The predicted octanol–water partition coefficient (Wildman–Crippen LogP) is 1.19. The molecule has 0 heterocycles. The largest absolute Gasteiger partial charge is 0.391 e. The molecule has 4 heteroatoms. The van der Waals surface area contributed by atoms with Gasteiger partial charge in [-0.3, -0.25) is 9.69 Å². The molecule has 1 atom stereocenters. The highest BCUT2D eigenvalue weighted by Gasteiger charge is 2.28.